The van der Waals surface area contributed by atoms with Crippen LogP contribution in [0.2, 0.25) is 5.15 Å². The Balaban J connectivity index is 1.19. The number of aromatic nitrogens is 2. The molecule has 0 saturated carbocycles. The van der Waals surface area contributed by atoms with Crippen LogP contribution in [0.5, 0.6) is 0 Å². The van der Waals surface area contributed by atoms with E-state index in [2.05, 4.69) is 9.88 Å². The van der Waals surface area contributed by atoms with Gasteiger partial charge in [-0.25, -0.2) is 4.98 Å². The molecule has 7 nitrogen and oxygen atoms in total. The number of carbonyl (C=O) groups is 2. The van der Waals surface area contributed by atoms with Crippen LogP contribution in [-0.4, -0.2) is 69.8 Å². The lowest BCUT2D eigenvalue weighted by Gasteiger charge is -2.36. The second-order valence-electron chi connectivity index (χ2n) is 8.04. The molecule has 2 aliphatic rings. The first-order chi connectivity index (χ1) is 15.6. The monoisotopic (exact) mass is 449 g/mol. The van der Waals surface area contributed by atoms with Crippen molar-refractivity contribution in [3.05, 3.63) is 71.7 Å². The number of nitrogens with zero attached hydrogens (tertiary/aromatic N) is 5. The Kier molecular flexibility index (Phi) is 5.68. The number of imidazole rings is 1. The van der Waals surface area contributed by atoms with Crippen molar-refractivity contribution in [2.75, 3.05) is 37.6 Å². The maximum atomic E-state index is 13.0. The van der Waals surface area contributed by atoms with Crippen LogP contribution in [-0.2, 0) is 9.59 Å². The van der Waals surface area contributed by atoms with Crippen molar-refractivity contribution < 1.29 is 9.59 Å². The van der Waals surface area contributed by atoms with Gasteiger partial charge in [-0.2, -0.15) is 0 Å². The zero-order valence-corrected chi connectivity index (χ0v) is 18.4. The van der Waals surface area contributed by atoms with E-state index in [1.807, 2.05) is 68.9 Å². The molecule has 3 aromatic rings. The zero-order valence-electron chi connectivity index (χ0n) is 17.6. The van der Waals surface area contributed by atoms with Crippen LogP contribution in [0.3, 0.4) is 0 Å². The Hall–Kier alpha value is -3.16. The van der Waals surface area contributed by atoms with Gasteiger partial charge in [-0.15, -0.1) is 0 Å². The van der Waals surface area contributed by atoms with Crippen LogP contribution < -0.4 is 4.90 Å². The molecule has 2 aromatic heterocycles. The maximum Gasteiger partial charge on any atom is 0.246 e. The Morgan fingerprint density at radius 3 is 2.53 bits per heavy atom. The minimum absolute atomic E-state index is 0.0599. The summed E-state index contributed by atoms with van der Waals surface area (Å²) in [6, 6.07) is 15.3. The number of benzene rings is 1. The molecule has 0 spiro atoms. The molecule has 5 rings (SSSR count). The summed E-state index contributed by atoms with van der Waals surface area (Å²) in [5.74, 6) is 0.0911. The fraction of sp³-hybridized carbons (Fsp3) is 0.292. The molecule has 1 aromatic carbocycles. The van der Waals surface area contributed by atoms with Crippen molar-refractivity contribution in [3.63, 3.8) is 0 Å². The highest BCUT2D eigenvalue weighted by atomic mass is 35.5. The third-order valence-electron chi connectivity index (χ3n) is 6.22. The first kappa shape index (κ1) is 20.7. The average Bonchev–Trinajstić information content (AvgIpc) is 3.37. The van der Waals surface area contributed by atoms with Gasteiger partial charge in [0.15, 0.2) is 5.15 Å². The molecule has 2 fully saturated rings. The van der Waals surface area contributed by atoms with Crippen LogP contribution in [0.4, 0.5) is 5.69 Å². The van der Waals surface area contributed by atoms with E-state index >= 15 is 0 Å². The predicted octanol–water partition coefficient (Wildman–Crippen LogP) is 2.95. The maximum absolute atomic E-state index is 13.0. The largest absolute Gasteiger partial charge is 0.337 e. The fourth-order valence-electron chi connectivity index (χ4n) is 4.51. The Morgan fingerprint density at radius 1 is 1.00 bits per heavy atom. The normalized spacial score (nSPS) is 20.0. The third kappa shape index (κ3) is 3.89. The van der Waals surface area contributed by atoms with Crippen LogP contribution in [0.25, 0.3) is 11.7 Å². The summed E-state index contributed by atoms with van der Waals surface area (Å²) in [5.41, 5.74) is 2.38. The Morgan fingerprint density at radius 2 is 1.75 bits per heavy atom. The van der Waals surface area contributed by atoms with Gasteiger partial charge in [0.25, 0.3) is 0 Å². The van der Waals surface area contributed by atoms with Gasteiger partial charge in [-0.05, 0) is 36.8 Å². The van der Waals surface area contributed by atoms with Crippen molar-refractivity contribution >= 4 is 40.8 Å². The van der Waals surface area contributed by atoms with Gasteiger partial charge in [0, 0.05) is 50.7 Å². The van der Waals surface area contributed by atoms with Gasteiger partial charge >= 0.3 is 0 Å². The molecule has 0 aliphatic carbocycles. The van der Waals surface area contributed by atoms with Crippen LogP contribution in [0.15, 0.2) is 60.8 Å². The quantitative estimate of drug-likeness (QED) is 0.574. The number of para-hydroxylation sites is 1. The molecule has 0 radical (unpaired) electrons. The molecule has 0 N–H and O–H groups in total. The zero-order chi connectivity index (χ0) is 22.1. The molecule has 2 aliphatic heterocycles. The molecule has 1 unspecified atom stereocenters. The highest BCUT2D eigenvalue weighted by Crippen LogP contribution is 2.25. The number of amides is 2. The topological polar surface area (TPSA) is 61.2 Å². The summed E-state index contributed by atoms with van der Waals surface area (Å²) in [4.78, 5) is 35.9. The van der Waals surface area contributed by atoms with Gasteiger partial charge in [-0.3, -0.25) is 18.9 Å². The first-order valence-electron chi connectivity index (χ1n) is 10.8. The van der Waals surface area contributed by atoms with Crippen molar-refractivity contribution in [3.8, 4) is 0 Å². The number of carbonyl (C=O) groups excluding carboxylic acids is 2. The lowest BCUT2D eigenvalue weighted by molar-refractivity contribution is -0.129. The Labute approximate surface area is 191 Å². The second kappa shape index (κ2) is 8.76. The van der Waals surface area contributed by atoms with Crippen molar-refractivity contribution in [2.24, 2.45) is 0 Å². The van der Waals surface area contributed by atoms with E-state index in [1.54, 1.807) is 12.2 Å². The summed E-state index contributed by atoms with van der Waals surface area (Å²) in [6.07, 6.45) is 5.95. The van der Waals surface area contributed by atoms with E-state index in [9.17, 15) is 9.59 Å². The van der Waals surface area contributed by atoms with Crippen molar-refractivity contribution in [1.82, 2.24) is 19.2 Å². The van der Waals surface area contributed by atoms with E-state index in [0.29, 0.717) is 37.0 Å². The van der Waals surface area contributed by atoms with Gasteiger partial charge in [0.2, 0.25) is 11.8 Å². The van der Waals surface area contributed by atoms with Crippen LogP contribution >= 0.6 is 11.6 Å². The second-order valence-corrected chi connectivity index (χ2v) is 8.40. The summed E-state index contributed by atoms with van der Waals surface area (Å²) >= 11 is 6.25. The molecule has 8 heteroatoms. The molecular weight excluding hydrogens is 426 g/mol. The lowest BCUT2D eigenvalue weighted by Crippen LogP contribution is -2.53. The third-order valence-corrected chi connectivity index (χ3v) is 6.50. The Bertz CT molecular complexity index is 1170. The molecule has 2 amide bonds. The van der Waals surface area contributed by atoms with E-state index in [1.165, 1.54) is 0 Å². The molecule has 2 saturated heterocycles. The van der Waals surface area contributed by atoms with Gasteiger partial charge in [-0.1, -0.05) is 35.9 Å². The number of piperazine rings is 1. The summed E-state index contributed by atoms with van der Waals surface area (Å²) in [7, 11) is 0. The van der Waals surface area contributed by atoms with Crippen molar-refractivity contribution in [2.45, 2.75) is 12.5 Å². The summed E-state index contributed by atoms with van der Waals surface area (Å²) in [6.45, 7) is 3.30. The smallest absolute Gasteiger partial charge is 0.246 e. The summed E-state index contributed by atoms with van der Waals surface area (Å²) < 4.78 is 1.86. The van der Waals surface area contributed by atoms with Crippen LogP contribution in [0, 0.1) is 0 Å². The van der Waals surface area contributed by atoms with E-state index in [4.69, 9.17) is 11.6 Å². The minimum atomic E-state index is -0.111. The number of fused-ring (bicyclic) bond motifs is 1. The number of anilines is 1. The van der Waals surface area contributed by atoms with Crippen LogP contribution in [0.1, 0.15) is 12.1 Å². The molecule has 0 bridgehead atoms. The first-order valence-corrected chi connectivity index (χ1v) is 11.2. The average molecular weight is 450 g/mol. The SMILES string of the molecule is O=C(C=Cc1c(Cl)nc2ccccn12)N1CCN(C2CCN(c3ccccc3)C2=O)CC1. The standard InChI is InChI=1S/C24H24ClN5O2/c25-23-19(30-12-5-4-8-21(30)26-23)9-10-22(31)28-16-14-27(15-17-28)20-11-13-29(24(20)32)18-6-2-1-3-7-18/h1-10,12,20H,11,13-17H2. The van der Waals surface area contributed by atoms with Crippen molar-refractivity contribution in [1.29, 1.82) is 0 Å². The highest BCUT2D eigenvalue weighted by Gasteiger charge is 2.38. The van der Waals surface area contributed by atoms with E-state index in [-0.39, 0.29) is 17.9 Å². The van der Waals surface area contributed by atoms with E-state index in [0.717, 1.165) is 24.3 Å². The fourth-order valence-corrected chi connectivity index (χ4v) is 4.75. The number of hydrogen-bond acceptors (Lipinski definition) is 4. The number of pyridine rings is 1. The molecule has 1 atom stereocenters. The van der Waals surface area contributed by atoms with Gasteiger partial charge < -0.3 is 9.80 Å². The number of halogens is 1. The molecule has 4 heterocycles. The van der Waals surface area contributed by atoms with E-state index < -0.39 is 0 Å². The highest BCUT2D eigenvalue weighted by molar-refractivity contribution is 6.31. The number of hydrogen-bond donors (Lipinski definition) is 0. The predicted molar refractivity (Wildman–Crippen MR) is 125 cm³/mol. The van der Waals surface area contributed by atoms with Gasteiger partial charge in [0.1, 0.15) is 5.65 Å². The number of rotatable bonds is 4. The molecule has 164 valence electrons. The minimum Gasteiger partial charge on any atom is -0.337 e. The summed E-state index contributed by atoms with van der Waals surface area (Å²) in [5, 5.41) is 0.368. The molecule has 32 heavy (non-hydrogen) atoms. The molecular formula is C24H24ClN5O2. The van der Waals surface area contributed by atoms with Gasteiger partial charge in [0.05, 0.1) is 11.7 Å². The lowest BCUT2D eigenvalue weighted by atomic mass is 10.1.